The van der Waals surface area contributed by atoms with Crippen molar-refractivity contribution in [3.63, 3.8) is 0 Å². The lowest BCUT2D eigenvalue weighted by Gasteiger charge is -2.06. The summed E-state index contributed by atoms with van der Waals surface area (Å²) >= 11 is 0. The number of anilines is 2. The van der Waals surface area contributed by atoms with Gasteiger partial charge in [0, 0.05) is 18.7 Å². The molecule has 0 spiro atoms. The number of alkyl halides is 3. The predicted octanol–water partition coefficient (Wildman–Crippen LogP) is 3.98. The van der Waals surface area contributed by atoms with Crippen LogP contribution in [0.3, 0.4) is 0 Å². The molecule has 0 aliphatic carbocycles. The van der Waals surface area contributed by atoms with Crippen LogP contribution in [0, 0.1) is 6.92 Å². The van der Waals surface area contributed by atoms with E-state index in [9.17, 15) is 23.1 Å². The number of rotatable bonds is 4. The Morgan fingerprint density at radius 3 is 2.31 bits per heavy atom. The third kappa shape index (κ3) is 6.21. The lowest BCUT2D eigenvalue weighted by atomic mass is 10.1. The number of nitrogens with one attached hydrogen (secondary N) is 1. The second-order valence-corrected chi connectivity index (χ2v) is 5.74. The van der Waals surface area contributed by atoms with Crippen molar-refractivity contribution in [1.82, 2.24) is 15.0 Å². The van der Waals surface area contributed by atoms with Crippen LogP contribution >= 0.6 is 0 Å². The predicted molar refractivity (Wildman–Crippen MR) is 96.5 cm³/mol. The van der Waals surface area contributed by atoms with Gasteiger partial charge >= 0.3 is 6.18 Å². The minimum atomic E-state index is -4.38. The van der Waals surface area contributed by atoms with Gasteiger partial charge in [-0.2, -0.15) is 13.2 Å². The zero-order valence-corrected chi connectivity index (χ0v) is 15.3. The highest BCUT2D eigenvalue weighted by Gasteiger charge is 2.30. The summed E-state index contributed by atoms with van der Waals surface area (Å²) in [7, 11) is 1.24. The molecule has 2 heterocycles. The Bertz CT molecular complexity index is 956. The third-order valence-electron chi connectivity index (χ3n) is 3.47. The first-order chi connectivity index (χ1) is 13.6. The molecule has 0 unspecified atom stereocenters. The quantitative estimate of drug-likeness (QED) is 0.339. The summed E-state index contributed by atoms with van der Waals surface area (Å²) in [6, 6.07) is 6.18. The molecule has 1 amide bonds. The first-order valence-electron chi connectivity index (χ1n) is 8.03. The van der Waals surface area contributed by atoms with E-state index in [2.05, 4.69) is 15.3 Å². The maximum absolute atomic E-state index is 12.6. The fourth-order valence-electron chi connectivity index (χ4n) is 2.00. The molecule has 2 aromatic heterocycles. The Morgan fingerprint density at radius 1 is 1.17 bits per heavy atom. The van der Waals surface area contributed by atoms with Crippen molar-refractivity contribution in [2.75, 3.05) is 12.4 Å². The van der Waals surface area contributed by atoms with E-state index in [0.717, 1.165) is 12.1 Å². The van der Waals surface area contributed by atoms with Crippen LogP contribution in [0.15, 0.2) is 47.1 Å². The summed E-state index contributed by atoms with van der Waals surface area (Å²) in [5, 5.41) is 20.7. The number of hydroxylamine groups is 2. The summed E-state index contributed by atoms with van der Waals surface area (Å²) in [6.07, 6.45) is -1.18. The van der Waals surface area contributed by atoms with E-state index in [4.69, 9.17) is 9.62 Å². The maximum Gasteiger partial charge on any atom is 0.416 e. The van der Waals surface area contributed by atoms with E-state index in [0.29, 0.717) is 34.2 Å². The zero-order chi connectivity index (χ0) is 21.6. The largest absolute Gasteiger partial charge is 0.506 e. The SMILES string of the molecule is CN(O)C=O.Cc1ncc(Nc2ncc(-c3ccc(C(F)(F)F)cc3)o2)cc1O. The van der Waals surface area contributed by atoms with Gasteiger partial charge in [0.1, 0.15) is 5.75 Å². The van der Waals surface area contributed by atoms with Crippen molar-refractivity contribution >= 4 is 18.1 Å². The fourth-order valence-corrected chi connectivity index (χ4v) is 2.00. The summed E-state index contributed by atoms with van der Waals surface area (Å²) < 4.78 is 43.1. The number of hydrogen-bond acceptors (Lipinski definition) is 7. The number of halogens is 3. The van der Waals surface area contributed by atoms with Crippen LogP contribution in [0.1, 0.15) is 11.3 Å². The first-order valence-corrected chi connectivity index (χ1v) is 8.03. The van der Waals surface area contributed by atoms with Crippen molar-refractivity contribution in [2.24, 2.45) is 0 Å². The van der Waals surface area contributed by atoms with Crippen molar-refractivity contribution < 1.29 is 32.7 Å². The molecule has 1 aromatic carbocycles. The van der Waals surface area contributed by atoms with Gasteiger partial charge in [0.05, 0.1) is 29.3 Å². The van der Waals surface area contributed by atoms with Crippen LogP contribution < -0.4 is 5.32 Å². The van der Waals surface area contributed by atoms with Gasteiger partial charge in [0.15, 0.2) is 5.76 Å². The molecule has 11 heteroatoms. The number of oxazole rings is 1. The molecule has 0 atom stereocenters. The van der Waals surface area contributed by atoms with Gasteiger partial charge in [-0.15, -0.1) is 0 Å². The van der Waals surface area contributed by atoms with E-state index in [1.54, 1.807) is 6.92 Å². The van der Waals surface area contributed by atoms with Crippen LogP contribution in [0.25, 0.3) is 11.3 Å². The fraction of sp³-hybridized carbons (Fsp3) is 0.167. The molecular formula is C18H17F3N4O4. The van der Waals surface area contributed by atoms with Gasteiger partial charge in [-0.1, -0.05) is 12.1 Å². The lowest BCUT2D eigenvalue weighted by Crippen LogP contribution is -2.07. The molecule has 3 rings (SSSR count). The maximum atomic E-state index is 12.6. The van der Waals surface area contributed by atoms with Crippen molar-refractivity contribution in [1.29, 1.82) is 0 Å². The highest BCUT2D eigenvalue weighted by atomic mass is 19.4. The normalized spacial score (nSPS) is 10.7. The average Bonchev–Trinajstić information content (AvgIpc) is 3.13. The summed E-state index contributed by atoms with van der Waals surface area (Å²) in [5.41, 5.74) is 0.691. The Hall–Kier alpha value is -3.60. The van der Waals surface area contributed by atoms with Crippen LogP contribution in [0.2, 0.25) is 0 Å². The number of pyridine rings is 1. The molecule has 29 heavy (non-hydrogen) atoms. The number of carbonyl (C=O) groups is 1. The number of hydrogen-bond donors (Lipinski definition) is 3. The molecule has 0 fully saturated rings. The molecule has 0 saturated carbocycles. The second-order valence-electron chi connectivity index (χ2n) is 5.74. The van der Waals surface area contributed by atoms with Crippen LogP contribution in [-0.2, 0) is 11.0 Å². The number of nitrogens with zero attached hydrogens (tertiary/aromatic N) is 3. The summed E-state index contributed by atoms with van der Waals surface area (Å²) in [4.78, 5) is 17.2. The molecule has 8 nitrogen and oxygen atoms in total. The van der Waals surface area contributed by atoms with Crippen LogP contribution in [-0.4, -0.2) is 38.8 Å². The van der Waals surface area contributed by atoms with Gasteiger partial charge in [-0.05, 0) is 19.1 Å². The smallest absolute Gasteiger partial charge is 0.416 e. The molecule has 3 N–H and O–H groups in total. The van der Waals surface area contributed by atoms with Crippen molar-refractivity contribution in [2.45, 2.75) is 13.1 Å². The van der Waals surface area contributed by atoms with Gasteiger partial charge in [0.25, 0.3) is 6.01 Å². The van der Waals surface area contributed by atoms with E-state index < -0.39 is 11.7 Å². The molecule has 0 aliphatic rings. The first kappa shape index (κ1) is 21.7. The number of carbonyl (C=O) groups excluding carboxylic acids is 1. The van der Waals surface area contributed by atoms with Crippen molar-refractivity contribution in [3.8, 4) is 17.1 Å². The van der Waals surface area contributed by atoms with Gasteiger partial charge in [-0.3, -0.25) is 15.0 Å². The third-order valence-corrected chi connectivity index (χ3v) is 3.47. The van der Waals surface area contributed by atoms with Crippen LogP contribution in [0.5, 0.6) is 5.75 Å². The monoisotopic (exact) mass is 410 g/mol. The Kier molecular flexibility index (Phi) is 6.78. The van der Waals surface area contributed by atoms with E-state index in [-0.39, 0.29) is 11.8 Å². The molecule has 0 radical (unpaired) electrons. The minimum absolute atomic E-state index is 0.0227. The molecular weight excluding hydrogens is 393 g/mol. The highest BCUT2D eigenvalue weighted by molar-refractivity contribution is 5.60. The molecule has 0 saturated heterocycles. The number of aromatic hydroxyl groups is 1. The Morgan fingerprint density at radius 2 is 1.79 bits per heavy atom. The standard InChI is InChI=1S/C16H12F3N3O2.C2H5NO2/c1-9-13(23)6-12(7-20-9)22-15-21-8-14(24-15)10-2-4-11(5-3-10)16(17,18)19;1-3(5)2-4/h2-8,23H,1H3,(H,21,22);2,5H,1H3. The van der Waals surface area contributed by atoms with Gasteiger partial charge in [-0.25, -0.2) is 10.0 Å². The summed E-state index contributed by atoms with van der Waals surface area (Å²) in [5.74, 6) is 0.338. The molecule has 154 valence electrons. The topological polar surface area (TPSA) is 112 Å². The second kappa shape index (κ2) is 9.06. The highest BCUT2D eigenvalue weighted by Crippen LogP contribution is 2.32. The number of benzene rings is 1. The van der Waals surface area contributed by atoms with Crippen molar-refractivity contribution in [3.05, 3.63) is 54.0 Å². The van der Waals surface area contributed by atoms with Gasteiger partial charge in [0.2, 0.25) is 6.41 Å². The molecule has 0 bridgehead atoms. The average molecular weight is 410 g/mol. The minimum Gasteiger partial charge on any atom is -0.506 e. The molecule has 0 aliphatic heterocycles. The van der Waals surface area contributed by atoms with Crippen LogP contribution in [0.4, 0.5) is 24.9 Å². The van der Waals surface area contributed by atoms with E-state index >= 15 is 0 Å². The number of aromatic nitrogens is 2. The Labute approximate surface area is 163 Å². The van der Waals surface area contributed by atoms with Gasteiger partial charge < -0.3 is 14.8 Å². The molecule has 3 aromatic rings. The summed E-state index contributed by atoms with van der Waals surface area (Å²) in [6.45, 7) is 1.66. The van der Waals surface area contributed by atoms with E-state index in [1.807, 2.05) is 0 Å². The van der Waals surface area contributed by atoms with E-state index in [1.165, 1.54) is 37.6 Å². The number of amides is 1. The lowest BCUT2D eigenvalue weighted by molar-refractivity contribution is -0.143. The Balaban J connectivity index is 0.000000537. The number of aryl methyl sites for hydroxylation is 1. The zero-order valence-electron chi connectivity index (χ0n) is 15.3.